The number of halogens is 1. The van der Waals surface area contributed by atoms with Crippen molar-refractivity contribution in [2.24, 2.45) is 0 Å². The number of likely N-dealkylation sites (tertiary alicyclic amines) is 1. The van der Waals surface area contributed by atoms with E-state index in [1.807, 2.05) is 33.7 Å². The highest BCUT2D eigenvalue weighted by Gasteiger charge is 2.21. The van der Waals surface area contributed by atoms with Crippen molar-refractivity contribution in [1.29, 1.82) is 0 Å². The summed E-state index contributed by atoms with van der Waals surface area (Å²) >= 11 is 0. The van der Waals surface area contributed by atoms with E-state index in [0.29, 0.717) is 48.5 Å². The summed E-state index contributed by atoms with van der Waals surface area (Å²) in [4.78, 5) is 30.7. The molecule has 28 heavy (non-hydrogen) atoms. The summed E-state index contributed by atoms with van der Waals surface area (Å²) in [6.45, 7) is 1.91. The molecule has 2 aromatic heterocycles. The van der Waals surface area contributed by atoms with Gasteiger partial charge in [-0.25, -0.2) is 9.37 Å². The fourth-order valence-corrected chi connectivity index (χ4v) is 3.53. The van der Waals surface area contributed by atoms with Gasteiger partial charge in [-0.2, -0.15) is 0 Å². The first-order chi connectivity index (χ1) is 13.6. The van der Waals surface area contributed by atoms with Crippen LogP contribution in [0.2, 0.25) is 0 Å². The van der Waals surface area contributed by atoms with Gasteiger partial charge in [0.1, 0.15) is 11.5 Å². The number of hydrogen-bond acceptors (Lipinski definition) is 3. The Kier molecular flexibility index (Phi) is 5.06. The zero-order valence-electron chi connectivity index (χ0n) is 15.4. The van der Waals surface area contributed by atoms with Crippen LogP contribution in [-0.4, -0.2) is 45.7 Å². The molecule has 1 fully saturated rings. The first-order valence-electron chi connectivity index (χ1n) is 9.42. The number of hydrogen-bond donors (Lipinski definition) is 1. The summed E-state index contributed by atoms with van der Waals surface area (Å²) in [7, 11) is 0. The molecule has 4 rings (SSSR count). The number of carbonyl (C=O) groups excluding carboxylic acids is 2. The van der Waals surface area contributed by atoms with Gasteiger partial charge < -0.3 is 10.2 Å². The Morgan fingerprint density at radius 1 is 1.18 bits per heavy atom. The lowest BCUT2D eigenvalue weighted by Crippen LogP contribution is -2.31. The van der Waals surface area contributed by atoms with Crippen LogP contribution in [0.25, 0.3) is 16.9 Å². The van der Waals surface area contributed by atoms with Crippen molar-refractivity contribution in [2.45, 2.75) is 19.3 Å². The highest BCUT2D eigenvalue weighted by atomic mass is 19.1. The second kappa shape index (κ2) is 7.80. The van der Waals surface area contributed by atoms with Crippen LogP contribution < -0.4 is 5.32 Å². The van der Waals surface area contributed by atoms with Gasteiger partial charge in [0.15, 0.2) is 5.69 Å². The van der Waals surface area contributed by atoms with Crippen LogP contribution in [-0.2, 0) is 4.79 Å². The third-order valence-electron chi connectivity index (χ3n) is 4.92. The molecule has 6 nitrogen and oxygen atoms in total. The zero-order chi connectivity index (χ0) is 19.5. The summed E-state index contributed by atoms with van der Waals surface area (Å²) in [5, 5.41) is 2.89. The lowest BCUT2D eigenvalue weighted by molar-refractivity contribution is -0.127. The van der Waals surface area contributed by atoms with Crippen molar-refractivity contribution in [2.75, 3.05) is 19.6 Å². The molecule has 7 heteroatoms. The first-order valence-corrected chi connectivity index (χ1v) is 9.42. The van der Waals surface area contributed by atoms with E-state index >= 15 is 0 Å². The van der Waals surface area contributed by atoms with Gasteiger partial charge >= 0.3 is 0 Å². The lowest BCUT2D eigenvalue weighted by Gasteiger charge is -2.15. The Morgan fingerprint density at radius 2 is 2.00 bits per heavy atom. The molecular formula is C21H21FN4O2. The number of carbonyl (C=O) groups is 2. The van der Waals surface area contributed by atoms with Crippen LogP contribution in [0.5, 0.6) is 0 Å². The van der Waals surface area contributed by atoms with E-state index in [1.165, 1.54) is 12.1 Å². The van der Waals surface area contributed by atoms with E-state index in [4.69, 9.17) is 0 Å². The molecule has 0 bridgehead atoms. The monoisotopic (exact) mass is 380 g/mol. The number of fused-ring (bicyclic) bond motifs is 1. The smallest absolute Gasteiger partial charge is 0.272 e. The van der Waals surface area contributed by atoms with E-state index in [2.05, 4.69) is 10.3 Å². The van der Waals surface area contributed by atoms with Crippen LogP contribution in [0.4, 0.5) is 4.39 Å². The minimum atomic E-state index is -0.333. The van der Waals surface area contributed by atoms with Gasteiger partial charge in [-0.15, -0.1) is 0 Å². The molecule has 1 N–H and O–H groups in total. The molecule has 0 saturated carbocycles. The van der Waals surface area contributed by atoms with Gasteiger partial charge in [0.2, 0.25) is 5.91 Å². The molecule has 0 aliphatic carbocycles. The van der Waals surface area contributed by atoms with Gasteiger partial charge in [-0.3, -0.25) is 14.0 Å². The van der Waals surface area contributed by atoms with Crippen molar-refractivity contribution in [3.8, 4) is 11.3 Å². The van der Waals surface area contributed by atoms with Gasteiger partial charge in [0.05, 0.1) is 5.69 Å². The van der Waals surface area contributed by atoms with E-state index in [9.17, 15) is 14.0 Å². The molecule has 1 aliphatic rings. The molecule has 0 radical (unpaired) electrons. The molecule has 1 saturated heterocycles. The van der Waals surface area contributed by atoms with E-state index < -0.39 is 0 Å². The molecule has 144 valence electrons. The molecule has 1 aromatic carbocycles. The maximum absolute atomic E-state index is 13.3. The van der Waals surface area contributed by atoms with Crippen LogP contribution in [0.15, 0.2) is 48.7 Å². The average Bonchev–Trinajstić information content (AvgIpc) is 3.29. The molecule has 3 heterocycles. The highest BCUT2D eigenvalue weighted by molar-refractivity contribution is 5.99. The standard InChI is InChI=1S/C21H21FN4O2/c22-16-9-7-15(8-10-16)20-19(24-17-5-1-2-14-26(17)20)21(28)23-11-4-13-25-12-3-6-18(25)27/h1-2,5,7-10,14H,3-4,6,11-13H2,(H,23,28). The molecule has 0 unspecified atom stereocenters. The second-order valence-corrected chi connectivity index (χ2v) is 6.84. The fourth-order valence-electron chi connectivity index (χ4n) is 3.53. The normalized spacial score (nSPS) is 14.0. The van der Waals surface area contributed by atoms with Gasteiger partial charge in [-0.1, -0.05) is 6.07 Å². The number of nitrogens with one attached hydrogen (secondary N) is 1. The van der Waals surface area contributed by atoms with Crippen LogP contribution in [0, 0.1) is 5.82 Å². The zero-order valence-corrected chi connectivity index (χ0v) is 15.4. The number of benzene rings is 1. The van der Waals surface area contributed by atoms with Crippen molar-refractivity contribution < 1.29 is 14.0 Å². The quantitative estimate of drug-likeness (QED) is 0.669. The van der Waals surface area contributed by atoms with Gasteiger partial charge in [0.25, 0.3) is 5.91 Å². The van der Waals surface area contributed by atoms with Crippen LogP contribution in [0.1, 0.15) is 29.8 Å². The number of nitrogens with zero attached hydrogens (tertiary/aromatic N) is 3. The topological polar surface area (TPSA) is 66.7 Å². The van der Waals surface area contributed by atoms with E-state index in [1.54, 1.807) is 12.1 Å². The Labute approximate surface area is 162 Å². The summed E-state index contributed by atoms with van der Waals surface area (Å²) in [6, 6.07) is 11.5. The molecular weight excluding hydrogens is 359 g/mol. The van der Waals surface area contributed by atoms with Crippen LogP contribution >= 0.6 is 0 Å². The average molecular weight is 380 g/mol. The number of pyridine rings is 1. The van der Waals surface area contributed by atoms with Crippen molar-refractivity contribution in [3.05, 3.63) is 60.2 Å². The molecule has 0 atom stereocenters. The maximum Gasteiger partial charge on any atom is 0.272 e. The minimum absolute atomic E-state index is 0.185. The number of aromatic nitrogens is 2. The largest absolute Gasteiger partial charge is 0.351 e. The summed E-state index contributed by atoms with van der Waals surface area (Å²) in [6.07, 6.45) is 4.05. The van der Waals surface area contributed by atoms with Crippen LogP contribution in [0.3, 0.4) is 0 Å². The summed E-state index contributed by atoms with van der Waals surface area (Å²) in [5.74, 6) is -0.430. The van der Waals surface area contributed by atoms with Crippen molar-refractivity contribution in [1.82, 2.24) is 19.6 Å². The Morgan fingerprint density at radius 3 is 2.75 bits per heavy atom. The third kappa shape index (κ3) is 3.60. The molecule has 1 aliphatic heterocycles. The lowest BCUT2D eigenvalue weighted by atomic mass is 10.1. The maximum atomic E-state index is 13.3. The predicted octanol–water partition coefficient (Wildman–Crippen LogP) is 2.88. The van der Waals surface area contributed by atoms with E-state index in [-0.39, 0.29) is 17.6 Å². The van der Waals surface area contributed by atoms with Gasteiger partial charge in [0, 0.05) is 37.8 Å². The van der Waals surface area contributed by atoms with Gasteiger partial charge in [-0.05, 0) is 49.2 Å². The molecule has 3 aromatic rings. The second-order valence-electron chi connectivity index (χ2n) is 6.84. The summed E-state index contributed by atoms with van der Waals surface area (Å²) < 4.78 is 15.2. The fraction of sp³-hybridized carbons (Fsp3) is 0.286. The third-order valence-corrected chi connectivity index (χ3v) is 4.92. The van der Waals surface area contributed by atoms with E-state index in [0.717, 1.165) is 13.0 Å². The molecule has 2 amide bonds. The molecule has 0 spiro atoms. The number of amides is 2. The Balaban J connectivity index is 1.52. The van der Waals surface area contributed by atoms with Crippen molar-refractivity contribution >= 4 is 17.5 Å². The summed E-state index contributed by atoms with van der Waals surface area (Å²) in [5.41, 5.74) is 2.29. The highest BCUT2D eigenvalue weighted by Crippen LogP contribution is 2.25. The number of imidazole rings is 1. The number of rotatable bonds is 6. The minimum Gasteiger partial charge on any atom is -0.351 e. The first kappa shape index (κ1) is 18.2. The predicted molar refractivity (Wildman–Crippen MR) is 103 cm³/mol. The Bertz CT molecular complexity index is 1010. The Hall–Kier alpha value is -3.22. The SMILES string of the molecule is O=C(NCCCN1CCCC1=O)c1nc2ccccn2c1-c1ccc(F)cc1. The van der Waals surface area contributed by atoms with Crippen molar-refractivity contribution in [3.63, 3.8) is 0 Å².